The summed E-state index contributed by atoms with van der Waals surface area (Å²) in [6.45, 7) is 4.03. The van der Waals surface area contributed by atoms with Crippen molar-refractivity contribution in [3.05, 3.63) is 71.8 Å². The highest BCUT2D eigenvalue weighted by Crippen LogP contribution is 2.17. The lowest BCUT2D eigenvalue weighted by atomic mass is 10.0. The maximum Gasteiger partial charge on any atom is 0.338 e. The van der Waals surface area contributed by atoms with Crippen molar-refractivity contribution in [1.82, 2.24) is 0 Å². The highest BCUT2D eigenvalue weighted by Gasteiger charge is 2.17. The molecule has 0 aliphatic rings. The standard InChI is InChI=1S/C24H30O4/c1-3-4-17-22(28-24(26)21-15-9-6-10-16-21)18-11-12-19(2)27-23(25)20-13-7-5-8-14-20/h5-10,13-16,19,22H,3-4,11-12,17-18H2,1-2H3. The van der Waals surface area contributed by atoms with Crippen molar-refractivity contribution in [3.63, 3.8) is 0 Å². The molecule has 0 bridgehead atoms. The zero-order valence-corrected chi connectivity index (χ0v) is 16.8. The van der Waals surface area contributed by atoms with E-state index < -0.39 is 0 Å². The molecule has 0 radical (unpaired) electrons. The summed E-state index contributed by atoms with van der Waals surface area (Å²) in [5.74, 6) is -0.573. The van der Waals surface area contributed by atoms with Crippen molar-refractivity contribution in [2.75, 3.05) is 0 Å². The molecule has 0 heterocycles. The zero-order valence-electron chi connectivity index (χ0n) is 16.8. The quantitative estimate of drug-likeness (QED) is 0.460. The van der Waals surface area contributed by atoms with Crippen LogP contribution in [0.15, 0.2) is 60.7 Å². The number of carbonyl (C=O) groups excluding carboxylic acids is 2. The van der Waals surface area contributed by atoms with Crippen LogP contribution in [0.2, 0.25) is 0 Å². The van der Waals surface area contributed by atoms with Crippen LogP contribution < -0.4 is 0 Å². The van der Waals surface area contributed by atoms with Crippen LogP contribution in [-0.4, -0.2) is 24.1 Å². The van der Waals surface area contributed by atoms with Crippen LogP contribution in [0, 0.1) is 0 Å². The average Bonchev–Trinajstić information content (AvgIpc) is 2.73. The van der Waals surface area contributed by atoms with Gasteiger partial charge in [0.2, 0.25) is 0 Å². The lowest BCUT2D eigenvalue weighted by Gasteiger charge is -2.19. The van der Waals surface area contributed by atoms with E-state index in [-0.39, 0.29) is 24.1 Å². The second kappa shape index (κ2) is 12.0. The molecule has 28 heavy (non-hydrogen) atoms. The van der Waals surface area contributed by atoms with Crippen LogP contribution in [0.1, 0.15) is 73.1 Å². The summed E-state index contributed by atoms with van der Waals surface area (Å²) in [5.41, 5.74) is 1.14. The molecule has 2 unspecified atom stereocenters. The molecule has 2 aromatic rings. The van der Waals surface area contributed by atoms with Crippen LogP contribution in [-0.2, 0) is 9.47 Å². The maximum atomic E-state index is 12.3. The molecule has 0 amide bonds. The fraction of sp³-hybridized carbons (Fsp3) is 0.417. The summed E-state index contributed by atoms with van der Waals surface area (Å²) in [6.07, 6.45) is 4.99. The molecule has 0 aromatic heterocycles. The lowest BCUT2D eigenvalue weighted by Crippen LogP contribution is -2.20. The van der Waals surface area contributed by atoms with Gasteiger partial charge < -0.3 is 9.47 Å². The Bertz CT molecular complexity index is 712. The molecule has 2 rings (SSSR count). The van der Waals surface area contributed by atoms with Crippen LogP contribution in [0.3, 0.4) is 0 Å². The van der Waals surface area contributed by atoms with Gasteiger partial charge in [0.15, 0.2) is 0 Å². The first kappa shape index (κ1) is 21.7. The molecule has 0 saturated heterocycles. The number of carbonyl (C=O) groups is 2. The van der Waals surface area contributed by atoms with Gasteiger partial charge in [-0.3, -0.25) is 0 Å². The minimum absolute atomic E-state index is 0.107. The number of esters is 2. The molecule has 0 aliphatic heterocycles. The molecule has 150 valence electrons. The normalized spacial score (nSPS) is 12.8. The Balaban J connectivity index is 1.79. The molecule has 4 heteroatoms. The van der Waals surface area contributed by atoms with Gasteiger partial charge in [0.05, 0.1) is 17.2 Å². The number of unbranched alkanes of at least 4 members (excludes halogenated alkanes) is 1. The Morgan fingerprint density at radius 2 is 1.25 bits per heavy atom. The summed E-state index contributed by atoms with van der Waals surface area (Å²) < 4.78 is 11.2. The smallest absolute Gasteiger partial charge is 0.338 e. The van der Waals surface area contributed by atoms with E-state index in [0.717, 1.165) is 38.5 Å². The van der Waals surface area contributed by atoms with Gasteiger partial charge in [0, 0.05) is 0 Å². The first-order valence-electron chi connectivity index (χ1n) is 10.1. The van der Waals surface area contributed by atoms with Gasteiger partial charge in [-0.1, -0.05) is 56.2 Å². The Hall–Kier alpha value is -2.62. The summed E-state index contributed by atoms with van der Waals surface area (Å²) >= 11 is 0. The van der Waals surface area contributed by atoms with E-state index >= 15 is 0 Å². The van der Waals surface area contributed by atoms with Crippen LogP contribution in [0.4, 0.5) is 0 Å². The largest absolute Gasteiger partial charge is 0.459 e. The van der Waals surface area contributed by atoms with E-state index in [9.17, 15) is 9.59 Å². The Kier molecular flexibility index (Phi) is 9.26. The van der Waals surface area contributed by atoms with Gasteiger partial charge in [0.1, 0.15) is 6.10 Å². The number of hydrogen-bond acceptors (Lipinski definition) is 4. The van der Waals surface area contributed by atoms with E-state index in [0.29, 0.717) is 11.1 Å². The van der Waals surface area contributed by atoms with Gasteiger partial charge in [-0.05, 0) is 56.9 Å². The molecule has 2 atom stereocenters. The van der Waals surface area contributed by atoms with Gasteiger partial charge in [-0.15, -0.1) is 0 Å². The second-order valence-corrected chi connectivity index (χ2v) is 7.05. The minimum Gasteiger partial charge on any atom is -0.459 e. The second-order valence-electron chi connectivity index (χ2n) is 7.05. The van der Waals surface area contributed by atoms with Crippen molar-refractivity contribution in [1.29, 1.82) is 0 Å². The summed E-state index contributed by atoms with van der Waals surface area (Å²) in [5, 5.41) is 0. The zero-order chi connectivity index (χ0) is 20.2. The predicted molar refractivity (Wildman–Crippen MR) is 110 cm³/mol. The van der Waals surface area contributed by atoms with E-state index in [1.54, 1.807) is 24.3 Å². The lowest BCUT2D eigenvalue weighted by molar-refractivity contribution is 0.0218. The Labute approximate surface area is 167 Å². The topological polar surface area (TPSA) is 52.6 Å². The number of ether oxygens (including phenoxy) is 2. The third kappa shape index (κ3) is 7.55. The highest BCUT2D eigenvalue weighted by atomic mass is 16.5. The molecule has 2 aromatic carbocycles. The molecule has 0 spiro atoms. The number of rotatable bonds is 11. The number of benzene rings is 2. The van der Waals surface area contributed by atoms with E-state index in [4.69, 9.17) is 9.47 Å². The van der Waals surface area contributed by atoms with E-state index in [2.05, 4.69) is 6.92 Å². The van der Waals surface area contributed by atoms with Crippen molar-refractivity contribution in [2.45, 2.75) is 64.6 Å². The summed E-state index contributed by atoms with van der Waals surface area (Å²) in [6, 6.07) is 18.1. The van der Waals surface area contributed by atoms with Gasteiger partial charge in [-0.2, -0.15) is 0 Å². The SMILES string of the molecule is CCCCC(CCCC(C)OC(=O)c1ccccc1)OC(=O)c1ccccc1. The Morgan fingerprint density at radius 3 is 1.79 bits per heavy atom. The van der Waals surface area contributed by atoms with Gasteiger partial charge in [-0.25, -0.2) is 9.59 Å². The van der Waals surface area contributed by atoms with E-state index in [1.165, 1.54) is 0 Å². The molecule has 4 nitrogen and oxygen atoms in total. The van der Waals surface area contributed by atoms with Crippen LogP contribution in [0.25, 0.3) is 0 Å². The van der Waals surface area contributed by atoms with Gasteiger partial charge in [0.25, 0.3) is 0 Å². The third-order valence-corrected chi connectivity index (χ3v) is 4.62. The first-order valence-corrected chi connectivity index (χ1v) is 10.1. The first-order chi connectivity index (χ1) is 13.6. The molecular formula is C24H30O4. The average molecular weight is 383 g/mol. The Morgan fingerprint density at radius 1 is 0.750 bits per heavy atom. The summed E-state index contributed by atoms with van der Waals surface area (Å²) in [4.78, 5) is 24.4. The monoisotopic (exact) mass is 382 g/mol. The van der Waals surface area contributed by atoms with Crippen molar-refractivity contribution >= 4 is 11.9 Å². The molecular weight excluding hydrogens is 352 g/mol. The highest BCUT2D eigenvalue weighted by molar-refractivity contribution is 5.89. The molecule has 0 saturated carbocycles. The van der Waals surface area contributed by atoms with E-state index in [1.807, 2.05) is 43.3 Å². The van der Waals surface area contributed by atoms with Crippen LogP contribution in [0.5, 0.6) is 0 Å². The third-order valence-electron chi connectivity index (χ3n) is 4.62. The van der Waals surface area contributed by atoms with Crippen molar-refractivity contribution in [2.24, 2.45) is 0 Å². The van der Waals surface area contributed by atoms with Crippen molar-refractivity contribution in [3.8, 4) is 0 Å². The van der Waals surface area contributed by atoms with Crippen LogP contribution >= 0.6 is 0 Å². The molecule has 0 fully saturated rings. The molecule has 0 N–H and O–H groups in total. The van der Waals surface area contributed by atoms with Gasteiger partial charge >= 0.3 is 11.9 Å². The fourth-order valence-corrected chi connectivity index (χ4v) is 3.00. The minimum atomic E-state index is -0.300. The predicted octanol–water partition coefficient (Wildman–Crippen LogP) is 5.82. The maximum absolute atomic E-state index is 12.3. The fourth-order valence-electron chi connectivity index (χ4n) is 3.00. The summed E-state index contributed by atoms with van der Waals surface area (Å²) in [7, 11) is 0. The van der Waals surface area contributed by atoms with Crippen molar-refractivity contribution < 1.29 is 19.1 Å². The molecule has 0 aliphatic carbocycles. The number of hydrogen-bond donors (Lipinski definition) is 0.